The van der Waals surface area contributed by atoms with Crippen molar-refractivity contribution in [1.29, 1.82) is 0 Å². The van der Waals surface area contributed by atoms with E-state index in [1.54, 1.807) is 56.5 Å². The fraction of sp³-hybridized carbons (Fsp3) is 0.333. The van der Waals surface area contributed by atoms with Gasteiger partial charge in [0.25, 0.3) is 0 Å². The Morgan fingerprint density at radius 1 is 1.06 bits per heavy atom. The number of amides is 6. The fourth-order valence-corrected chi connectivity index (χ4v) is 10.2. The number of carbonyl (C=O) groups excluding carboxylic acids is 5. The van der Waals surface area contributed by atoms with Crippen LogP contribution in [0.25, 0.3) is 20.7 Å². The maximum atomic E-state index is 14.9. The standard InChI is InChI=1S/C36H32ClN5O6S/c1-15-6-5-7-20(29(15)43)28-18-9-10-19-27(33(46)42(31(19)44)35(38)48)22(18)13-23-32(45)41(34(47)36(23,28)3)26-14-24(39-40(26)4)30-16(2)21-12-17(37)8-11-25(21)49-30/h5-9,11-12,14,19,22-23,27-28,43H,10,13H2,1-4H3,(H2,38,48)/t19-,22+,23-,27-,28+,36+/m0/s1. The Kier molecular flexibility index (Phi) is 6.80. The SMILES string of the molecule is Cc1cccc([C@H]2C3=CC[C@@H]4C(=O)N(C(N)=O)C(=O)[C@@H]4[C@@H]3C[C@H]3C(=O)N(c4cc(-c5sc6ccc(Cl)cc6c5C)nn4C)C(=O)[C@@]23C)c1O. The summed E-state index contributed by atoms with van der Waals surface area (Å²) >= 11 is 7.82. The lowest BCUT2D eigenvalue weighted by Gasteiger charge is -2.49. The quantitative estimate of drug-likeness (QED) is 0.209. The van der Waals surface area contributed by atoms with Crippen LogP contribution in [0.5, 0.6) is 5.75 Å². The molecule has 250 valence electrons. The average molecular weight is 698 g/mol. The Morgan fingerprint density at radius 3 is 2.55 bits per heavy atom. The number of nitrogens with zero attached hydrogens (tertiary/aromatic N) is 4. The Hall–Kier alpha value is -4.81. The number of thiophene rings is 1. The van der Waals surface area contributed by atoms with E-state index >= 15 is 0 Å². The molecule has 8 rings (SSSR count). The number of primary amides is 1. The molecule has 11 nitrogen and oxygen atoms in total. The van der Waals surface area contributed by atoms with E-state index < -0.39 is 64.7 Å². The predicted octanol–water partition coefficient (Wildman–Crippen LogP) is 5.59. The van der Waals surface area contributed by atoms with Gasteiger partial charge in [-0.15, -0.1) is 11.3 Å². The number of para-hydroxylation sites is 1. The topological polar surface area (TPSA) is 156 Å². The third-order valence-corrected chi connectivity index (χ3v) is 12.8. The molecule has 1 saturated carbocycles. The summed E-state index contributed by atoms with van der Waals surface area (Å²) in [4.78, 5) is 71.2. The minimum atomic E-state index is -1.36. The first kappa shape index (κ1) is 31.5. The Morgan fingerprint density at radius 2 is 1.82 bits per heavy atom. The van der Waals surface area contributed by atoms with E-state index in [-0.39, 0.29) is 18.6 Å². The summed E-state index contributed by atoms with van der Waals surface area (Å²) in [6.07, 6.45) is 2.11. The molecule has 2 aromatic heterocycles. The van der Waals surface area contributed by atoms with E-state index in [0.29, 0.717) is 38.1 Å². The average Bonchev–Trinajstić information content (AvgIpc) is 3.72. The second-order valence-corrected chi connectivity index (χ2v) is 15.2. The van der Waals surface area contributed by atoms with Crippen molar-refractivity contribution in [1.82, 2.24) is 14.7 Å². The fourth-order valence-electron chi connectivity index (χ4n) is 8.92. The number of fused-ring (bicyclic) bond motifs is 5. The third kappa shape index (κ3) is 4.13. The van der Waals surface area contributed by atoms with E-state index in [1.165, 1.54) is 9.58 Å². The molecular weight excluding hydrogens is 666 g/mol. The van der Waals surface area contributed by atoms with Gasteiger partial charge < -0.3 is 10.8 Å². The Labute approximate surface area is 289 Å². The normalized spacial score (nSPS) is 27.9. The van der Waals surface area contributed by atoms with Gasteiger partial charge >= 0.3 is 6.03 Å². The highest BCUT2D eigenvalue weighted by Crippen LogP contribution is 2.64. The zero-order valence-corrected chi connectivity index (χ0v) is 28.6. The number of allylic oxidation sites excluding steroid dienone is 2. The lowest BCUT2D eigenvalue weighted by atomic mass is 9.51. The molecule has 3 N–H and O–H groups in total. The molecule has 2 aliphatic carbocycles. The summed E-state index contributed by atoms with van der Waals surface area (Å²) in [6.45, 7) is 5.49. The number of aromatic hydroxyl groups is 1. The van der Waals surface area contributed by atoms with E-state index in [0.717, 1.165) is 20.5 Å². The number of hydrogen-bond donors (Lipinski definition) is 2. The molecule has 0 spiro atoms. The van der Waals surface area contributed by atoms with Gasteiger partial charge in [-0.25, -0.2) is 9.69 Å². The molecule has 4 aromatic rings. The monoisotopic (exact) mass is 697 g/mol. The highest BCUT2D eigenvalue weighted by molar-refractivity contribution is 7.22. The van der Waals surface area contributed by atoms with Gasteiger partial charge in [0.05, 0.1) is 28.0 Å². The summed E-state index contributed by atoms with van der Waals surface area (Å²) < 4.78 is 2.55. The number of hydrogen-bond acceptors (Lipinski definition) is 8. The predicted molar refractivity (Wildman–Crippen MR) is 183 cm³/mol. The number of benzene rings is 2. The van der Waals surface area contributed by atoms with Gasteiger partial charge in [0.2, 0.25) is 23.6 Å². The first-order valence-electron chi connectivity index (χ1n) is 16.0. The van der Waals surface area contributed by atoms with Gasteiger partial charge in [0.1, 0.15) is 17.3 Å². The third-order valence-electron chi connectivity index (χ3n) is 11.3. The van der Waals surface area contributed by atoms with Crippen LogP contribution >= 0.6 is 22.9 Å². The van der Waals surface area contributed by atoms with Crippen LogP contribution in [0.4, 0.5) is 10.6 Å². The minimum Gasteiger partial charge on any atom is -0.507 e. The molecule has 2 aliphatic heterocycles. The molecule has 6 amide bonds. The molecule has 13 heteroatoms. The van der Waals surface area contributed by atoms with Gasteiger partial charge in [-0.2, -0.15) is 10.00 Å². The van der Waals surface area contributed by atoms with Crippen LogP contribution in [0.3, 0.4) is 0 Å². The lowest BCUT2D eigenvalue weighted by Crippen LogP contribution is -2.49. The van der Waals surface area contributed by atoms with Gasteiger partial charge in [-0.05, 0) is 74.2 Å². The van der Waals surface area contributed by atoms with Crippen molar-refractivity contribution < 1.29 is 29.1 Å². The lowest BCUT2D eigenvalue weighted by molar-refractivity contribution is -0.136. The van der Waals surface area contributed by atoms with Crippen LogP contribution in [0.2, 0.25) is 5.02 Å². The van der Waals surface area contributed by atoms with E-state index in [1.807, 2.05) is 31.2 Å². The maximum absolute atomic E-state index is 14.9. The van der Waals surface area contributed by atoms with E-state index in [4.69, 9.17) is 22.4 Å². The number of nitrogens with two attached hydrogens (primary N) is 1. The van der Waals surface area contributed by atoms with Gasteiger partial charge in [-0.1, -0.05) is 41.4 Å². The summed E-state index contributed by atoms with van der Waals surface area (Å²) in [5.74, 6) is -6.06. The van der Waals surface area contributed by atoms with Crippen LogP contribution in [-0.2, 0) is 26.2 Å². The number of imide groups is 4. The molecule has 0 bridgehead atoms. The molecule has 6 atom stereocenters. The zero-order valence-electron chi connectivity index (χ0n) is 27.1. The van der Waals surface area contributed by atoms with Crippen molar-refractivity contribution in [3.8, 4) is 16.3 Å². The smallest absolute Gasteiger partial charge is 0.328 e. The van der Waals surface area contributed by atoms with Crippen LogP contribution in [0, 0.1) is 42.9 Å². The number of anilines is 1. The zero-order chi connectivity index (χ0) is 34.8. The number of carbonyl (C=O) groups is 5. The first-order chi connectivity index (χ1) is 23.2. The number of halogens is 1. The number of rotatable bonds is 3. The summed E-state index contributed by atoms with van der Waals surface area (Å²) in [5, 5.41) is 17.8. The number of urea groups is 1. The molecule has 3 fully saturated rings. The number of aromatic nitrogens is 2. The molecule has 4 aliphatic rings. The van der Waals surface area contributed by atoms with Gasteiger partial charge in [0, 0.05) is 34.3 Å². The largest absolute Gasteiger partial charge is 0.507 e. The van der Waals surface area contributed by atoms with Crippen molar-refractivity contribution in [3.05, 3.63) is 75.8 Å². The second-order valence-electron chi connectivity index (χ2n) is 13.7. The van der Waals surface area contributed by atoms with Gasteiger partial charge in [0.15, 0.2) is 0 Å². The summed E-state index contributed by atoms with van der Waals surface area (Å²) in [5.41, 5.74) is 7.42. The first-order valence-corrected chi connectivity index (χ1v) is 17.2. The molecule has 0 unspecified atom stereocenters. The van der Waals surface area contributed by atoms with Crippen molar-refractivity contribution in [2.45, 2.75) is 39.5 Å². The van der Waals surface area contributed by atoms with Gasteiger partial charge in [-0.3, -0.25) is 23.9 Å². The second kappa shape index (κ2) is 10.6. The minimum absolute atomic E-state index is 0.00871. The Balaban J connectivity index is 1.27. The molecular formula is C36H32ClN5O6S. The maximum Gasteiger partial charge on any atom is 0.328 e. The van der Waals surface area contributed by atoms with Crippen LogP contribution in [0.15, 0.2) is 54.1 Å². The molecule has 4 heterocycles. The molecule has 2 saturated heterocycles. The molecule has 0 radical (unpaired) electrons. The van der Waals surface area contributed by atoms with Crippen molar-refractivity contribution in [3.63, 3.8) is 0 Å². The highest BCUT2D eigenvalue weighted by atomic mass is 35.5. The molecule has 49 heavy (non-hydrogen) atoms. The number of aryl methyl sites for hydroxylation is 3. The Bertz CT molecular complexity index is 2240. The van der Waals surface area contributed by atoms with Crippen LogP contribution in [0.1, 0.15) is 42.4 Å². The summed E-state index contributed by atoms with van der Waals surface area (Å²) in [6, 6.07) is 11.6. The van der Waals surface area contributed by atoms with Crippen molar-refractivity contribution in [2.24, 2.45) is 41.9 Å². The molecule has 2 aromatic carbocycles. The van der Waals surface area contributed by atoms with Crippen LogP contribution in [-0.4, -0.2) is 49.4 Å². The number of phenolic OH excluding ortho intramolecular Hbond substituents is 1. The van der Waals surface area contributed by atoms with Crippen molar-refractivity contribution >= 4 is 68.5 Å². The van der Waals surface area contributed by atoms with E-state index in [2.05, 4.69) is 0 Å². The van der Waals surface area contributed by atoms with E-state index in [9.17, 15) is 29.1 Å². The highest BCUT2D eigenvalue weighted by Gasteiger charge is 2.68. The van der Waals surface area contributed by atoms with Crippen LogP contribution < -0.4 is 10.6 Å². The van der Waals surface area contributed by atoms with Crippen molar-refractivity contribution in [2.75, 3.05) is 4.90 Å². The number of likely N-dealkylation sites (tertiary alicyclic amines) is 1. The number of phenols is 1. The summed E-state index contributed by atoms with van der Waals surface area (Å²) in [7, 11) is 1.68.